The van der Waals surface area contributed by atoms with Gasteiger partial charge in [0, 0.05) is 18.9 Å². The largest absolute Gasteiger partial charge is 0.503 e. The Morgan fingerprint density at radius 2 is 2.07 bits per heavy atom. The minimum absolute atomic E-state index is 0.0226. The van der Waals surface area contributed by atoms with Crippen molar-refractivity contribution in [3.63, 3.8) is 0 Å². The van der Waals surface area contributed by atoms with Crippen molar-refractivity contribution in [1.29, 1.82) is 0 Å². The fraction of sp³-hybridized carbons (Fsp3) is 0.136. The summed E-state index contributed by atoms with van der Waals surface area (Å²) in [5, 5.41) is 10.6. The first-order valence-corrected chi connectivity index (χ1v) is 8.84. The molecular weight excluding hydrogens is 356 g/mol. The van der Waals surface area contributed by atoms with E-state index < -0.39 is 23.5 Å². The highest BCUT2D eigenvalue weighted by Crippen LogP contribution is 2.40. The lowest BCUT2D eigenvalue weighted by molar-refractivity contribution is -0.130. The van der Waals surface area contributed by atoms with Gasteiger partial charge in [-0.2, -0.15) is 0 Å². The molecule has 2 aromatic heterocycles. The number of aliphatic hydroxyl groups excluding tert-OH is 1. The number of benzene rings is 1. The lowest BCUT2D eigenvalue weighted by Gasteiger charge is -2.27. The average molecular weight is 374 g/mol. The maximum Gasteiger partial charge on any atom is 0.290 e. The Hall–Kier alpha value is -3.67. The highest BCUT2D eigenvalue weighted by atomic mass is 16.3. The summed E-state index contributed by atoms with van der Waals surface area (Å²) < 4.78 is 5.22. The molecule has 1 aliphatic heterocycles. The summed E-state index contributed by atoms with van der Waals surface area (Å²) in [6, 6.07) is 13.6. The number of aryl methyl sites for hydroxylation is 1. The minimum atomic E-state index is -0.717. The molecule has 0 aliphatic carbocycles. The standard InChI is InChI=1S/C22H18N2O4/c1-14-5-2-7-16(11-14)19-18(20(25)17-8-4-10-28-17)21(26)22(27)24(19)13-15-6-3-9-23-12-15/h2-12,19,26H,13H2,1H3. The highest BCUT2D eigenvalue weighted by molar-refractivity contribution is 6.14. The molecule has 0 fully saturated rings. The van der Waals surface area contributed by atoms with Crippen LogP contribution in [0.25, 0.3) is 0 Å². The van der Waals surface area contributed by atoms with Crippen molar-refractivity contribution in [3.8, 4) is 0 Å². The number of rotatable bonds is 5. The summed E-state index contributed by atoms with van der Waals surface area (Å²) in [5.74, 6) is -1.56. The molecule has 6 nitrogen and oxygen atoms in total. The van der Waals surface area contributed by atoms with Gasteiger partial charge < -0.3 is 14.4 Å². The molecule has 28 heavy (non-hydrogen) atoms. The third-order valence-corrected chi connectivity index (χ3v) is 4.73. The van der Waals surface area contributed by atoms with Crippen LogP contribution >= 0.6 is 0 Å². The predicted octanol–water partition coefficient (Wildman–Crippen LogP) is 3.76. The molecule has 3 heterocycles. The van der Waals surface area contributed by atoms with Gasteiger partial charge in [0.25, 0.3) is 5.91 Å². The number of carbonyl (C=O) groups is 2. The molecule has 1 unspecified atom stereocenters. The molecule has 0 saturated carbocycles. The second-order valence-corrected chi connectivity index (χ2v) is 6.68. The summed E-state index contributed by atoms with van der Waals surface area (Å²) in [7, 11) is 0. The maximum atomic E-state index is 13.0. The number of hydrogen-bond acceptors (Lipinski definition) is 5. The second kappa shape index (κ2) is 7.15. The normalized spacial score (nSPS) is 16.7. The van der Waals surface area contributed by atoms with Crippen LogP contribution in [0.2, 0.25) is 0 Å². The zero-order valence-corrected chi connectivity index (χ0v) is 15.2. The number of amides is 1. The molecule has 1 atom stereocenters. The monoisotopic (exact) mass is 374 g/mol. The highest BCUT2D eigenvalue weighted by Gasteiger charge is 2.44. The Morgan fingerprint density at radius 1 is 1.21 bits per heavy atom. The van der Waals surface area contributed by atoms with Crippen LogP contribution < -0.4 is 0 Å². The number of furan rings is 1. The number of hydrogen-bond donors (Lipinski definition) is 1. The molecule has 0 spiro atoms. The van der Waals surface area contributed by atoms with Gasteiger partial charge in [0.2, 0.25) is 5.78 Å². The first kappa shape index (κ1) is 17.7. The number of aromatic nitrogens is 1. The van der Waals surface area contributed by atoms with Gasteiger partial charge in [-0.3, -0.25) is 14.6 Å². The molecule has 140 valence electrons. The molecule has 0 bridgehead atoms. The van der Waals surface area contributed by atoms with Crippen LogP contribution in [0.5, 0.6) is 0 Å². The van der Waals surface area contributed by atoms with Crippen molar-refractivity contribution < 1.29 is 19.1 Å². The summed E-state index contributed by atoms with van der Waals surface area (Å²) in [5.41, 5.74) is 2.56. The van der Waals surface area contributed by atoms with E-state index in [1.807, 2.05) is 37.3 Å². The van der Waals surface area contributed by atoms with Gasteiger partial charge in [-0.25, -0.2) is 0 Å². The van der Waals surface area contributed by atoms with Crippen molar-refractivity contribution in [1.82, 2.24) is 9.88 Å². The van der Waals surface area contributed by atoms with Crippen molar-refractivity contribution in [2.75, 3.05) is 0 Å². The summed E-state index contributed by atoms with van der Waals surface area (Å²) in [6.45, 7) is 2.15. The van der Waals surface area contributed by atoms with Gasteiger partial charge in [-0.1, -0.05) is 35.9 Å². The van der Waals surface area contributed by atoms with E-state index in [1.54, 1.807) is 24.5 Å². The molecule has 1 N–H and O–H groups in total. The van der Waals surface area contributed by atoms with Gasteiger partial charge in [0.15, 0.2) is 11.5 Å². The van der Waals surface area contributed by atoms with Crippen LogP contribution in [-0.4, -0.2) is 26.7 Å². The summed E-state index contributed by atoms with van der Waals surface area (Å²) >= 11 is 0. The third kappa shape index (κ3) is 3.09. The Balaban J connectivity index is 1.81. The Bertz CT molecular complexity index is 1060. The molecular formula is C22H18N2O4. The van der Waals surface area contributed by atoms with E-state index in [2.05, 4.69) is 4.98 Å². The van der Waals surface area contributed by atoms with E-state index in [-0.39, 0.29) is 17.9 Å². The van der Waals surface area contributed by atoms with Gasteiger partial charge >= 0.3 is 0 Å². The summed E-state index contributed by atoms with van der Waals surface area (Å²) in [6.07, 6.45) is 4.69. The Morgan fingerprint density at radius 3 is 2.75 bits per heavy atom. The van der Waals surface area contributed by atoms with Crippen LogP contribution in [0.4, 0.5) is 0 Å². The van der Waals surface area contributed by atoms with E-state index in [1.165, 1.54) is 17.2 Å². The number of ketones is 1. The third-order valence-electron chi connectivity index (χ3n) is 4.73. The number of aliphatic hydroxyl groups is 1. The van der Waals surface area contributed by atoms with Gasteiger partial charge in [0.05, 0.1) is 17.9 Å². The van der Waals surface area contributed by atoms with Crippen molar-refractivity contribution in [2.45, 2.75) is 19.5 Å². The maximum absolute atomic E-state index is 13.0. The molecule has 3 aromatic rings. The second-order valence-electron chi connectivity index (χ2n) is 6.68. The van der Waals surface area contributed by atoms with Crippen LogP contribution in [-0.2, 0) is 11.3 Å². The zero-order chi connectivity index (χ0) is 19.7. The van der Waals surface area contributed by atoms with E-state index in [9.17, 15) is 14.7 Å². The number of carbonyl (C=O) groups excluding carboxylic acids is 2. The quantitative estimate of drug-likeness (QED) is 0.688. The van der Waals surface area contributed by atoms with E-state index >= 15 is 0 Å². The molecule has 6 heteroatoms. The predicted molar refractivity (Wildman–Crippen MR) is 101 cm³/mol. The topological polar surface area (TPSA) is 83.6 Å². The molecule has 1 aliphatic rings. The van der Waals surface area contributed by atoms with Crippen molar-refractivity contribution >= 4 is 11.7 Å². The Kier molecular flexibility index (Phi) is 4.53. The lowest BCUT2D eigenvalue weighted by Crippen LogP contribution is -2.30. The van der Waals surface area contributed by atoms with E-state index in [4.69, 9.17) is 4.42 Å². The minimum Gasteiger partial charge on any atom is -0.503 e. The fourth-order valence-electron chi connectivity index (χ4n) is 3.46. The average Bonchev–Trinajstić information content (AvgIpc) is 3.32. The Labute approximate surface area is 161 Å². The molecule has 0 saturated heterocycles. The van der Waals surface area contributed by atoms with E-state index in [0.717, 1.165) is 16.7 Å². The van der Waals surface area contributed by atoms with Gasteiger partial charge in [-0.05, 0) is 36.2 Å². The van der Waals surface area contributed by atoms with Crippen molar-refractivity contribution in [3.05, 3.63) is 101 Å². The number of Topliss-reactive ketones (excluding diaryl/α,β-unsaturated/α-hetero) is 1. The first-order chi connectivity index (χ1) is 13.6. The lowest BCUT2D eigenvalue weighted by atomic mass is 9.94. The first-order valence-electron chi connectivity index (χ1n) is 8.84. The van der Waals surface area contributed by atoms with Gasteiger partial charge in [0.1, 0.15) is 0 Å². The van der Waals surface area contributed by atoms with Crippen LogP contribution in [0.3, 0.4) is 0 Å². The smallest absolute Gasteiger partial charge is 0.290 e. The van der Waals surface area contributed by atoms with Crippen LogP contribution in [0, 0.1) is 6.92 Å². The van der Waals surface area contributed by atoms with Crippen LogP contribution in [0.1, 0.15) is 33.3 Å². The fourth-order valence-corrected chi connectivity index (χ4v) is 3.46. The SMILES string of the molecule is Cc1cccc(C2C(C(=O)c3ccco3)=C(O)C(=O)N2Cc2cccnc2)c1. The number of nitrogens with zero attached hydrogens (tertiary/aromatic N) is 2. The molecule has 4 rings (SSSR count). The van der Waals surface area contributed by atoms with Crippen LogP contribution in [0.15, 0.2) is 82.9 Å². The molecule has 1 aromatic carbocycles. The summed E-state index contributed by atoms with van der Waals surface area (Å²) in [4.78, 5) is 31.5. The molecule has 0 radical (unpaired) electrons. The van der Waals surface area contributed by atoms with Gasteiger partial charge in [-0.15, -0.1) is 0 Å². The van der Waals surface area contributed by atoms with E-state index in [0.29, 0.717) is 0 Å². The van der Waals surface area contributed by atoms with Crippen molar-refractivity contribution in [2.24, 2.45) is 0 Å². The molecule has 1 amide bonds. The zero-order valence-electron chi connectivity index (χ0n) is 15.2. The number of pyridine rings is 1.